The number of rotatable bonds is 7. The first-order chi connectivity index (χ1) is 10.1. The van der Waals surface area contributed by atoms with E-state index in [1.54, 1.807) is 12.1 Å². The van der Waals surface area contributed by atoms with Crippen LogP contribution in [0, 0.1) is 0 Å². The normalized spacial score (nSPS) is 13.2. The molecular weight excluding hydrogens is 266 g/mol. The van der Waals surface area contributed by atoms with Gasteiger partial charge < -0.3 is 15.5 Å². The monoisotopic (exact) mass is 289 g/mol. The Hall–Kier alpha value is -1.88. The standard InChI is InChI=1S/C16H23N3O2/c1-3-19(4-2)9-5-8-17-16(21)13-7-6-12-11-15(20)18-14(12)10-13/h6-7,10H,3-5,8-9,11H2,1-2H3,(H,17,21)(H,18,20). The first-order valence-electron chi connectivity index (χ1n) is 7.57. The lowest BCUT2D eigenvalue weighted by atomic mass is 10.1. The minimum Gasteiger partial charge on any atom is -0.352 e. The Morgan fingerprint density at radius 2 is 2.10 bits per heavy atom. The van der Waals surface area contributed by atoms with Crippen LogP contribution < -0.4 is 10.6 Å². The molecule has 0 saturated heterocycles. The number of fused-ring (bicyclic) bond motifs is 1. The number of benzene rings is 1. The fraction of sp³-hybridized carbons (Fsp3) is 0.500. The molecule has 2 rings (SSSR count). The first-order valence-corrected chi connectivity index (χ1v) is 7.57. The molecule has 5 heteroatoms. The molecule has 1 aromatic carbocycles. The number of nitrogens with one attached hydrogen (secondary N) is 2. The molecule has 0 spiro atoms. The molecule has 0 radical (unpaired) electrons. The van der Waals surface area contributed by atoms with Gasteiger partial charge in [-0.1, -0.05) is 19.9 Å². The smallest absolute Gasteiger partial charge is 0.251 e. The Balaban J connectivity index is 1.82. The molecule has 0 aromatic heterocycles. The van der Waals surface area contributed by atoms with Crippen molar-refractivity contribution in [3.63, 3.8) is 0 Å². The highest BCUT2D eigenvalue weighted by Gasteiger charge is 2.18. The van der Waals surface area contributed by atoms with Crippen molar-refractivity contribution < 1.29 is 9.59 Å². The molecule has 0 atom stereocenters. The maximum atomic E-state index is 12.1. The van der Waals surface area contributed by atoms with Gasteiger partial charge in [0.25, 0.3) is 5.91 Å². The van der Waals surface area contributed by atoms with Crippen molar-refractivity contribution in [2.75, 3.05) is 31.5 Å². The van der Waals surface area contributed by atoms with Gasteiger partial charge in [0, 0.05) is 17.8 Å². The van der Waals surface area contributed by atoms with Crippen molar-refractivity contribution in [1.82, 2.24) is 10.2 Å². The lowest BCUT2D eigenvalue weighted by Crippen LogP contribution is -2.29. The van der Waals surface area contributed by atoms with E-state index in [1.165, 1.54) is 0 Å². The van der Waals surface area contributed by atoms with Gasteiger partial charge in [-0.25, -0.2) is 0 Å². The average Bonchev–Trinajstić information content (AvgIpc) is 2.86. The number of hydrogen-bond acceptors (Lipinski definition) is 3. The summed E-state index contributed by atoms with van der Waals surface area (Å²) in [5.74, 6) is -0.0970. The minimum atomic E-state index is -0.0847. The molecule has 2 amide bonds. The van der Waals surface area contributed by atoms with Crippen LogP contribution in [0.1, 0.15) is 36.2 Å². The van der Waals surface area contributed by atoms with Gasteiger partial charge in [-0.05, 0) is 43.8 Å². The zero-order valence-electron chi connectivity index (χ0n) is 12.7. The van der Waals surface area contributed by atoms with Gasteiger partial charge in [0.2, 0.25) is 5.91 Å². The van der Waals surface area contributed by atoms with Crippen LogP contribution >= 0.6 is 0 Å². The summed E-state index contributed by atoms with van der Waals surface area (Å²) >= 11 is 0. The fourth-order valence-corrected chi connectivity index (χ4v) is 2.50. The fourth-order valence-electron chi connectivity index (χ4n) is 2.50. The van der Waals surface area contributed by atoms with E-state index in [9.17, 15) is 9.59 Å². The maximum absolute atomic E-state index is 12.1. The van der Waals surface area contributed by atoms with Crippen LogP contribution in [0.15, 0.2) is 18.2 Å². The van der Waals surface area contributed by atoms with Gasteiger partial charge >= 0.3 is 0 Å². The number of carbonyl (C=O) groups excluding carboxylic acids is 2. The number of carbonyl (C=O) groups is 2. The van der Waals surface area contributed by atoms with Crippen molar-refractivity contribution >= 4 is 17.5 Å². The highest BCUT2D eigenvalue weighted by molar-refractivity contribution is 6.02. The Labute approximate surface area is 125 Å². The quantitative estimate of drug-likeness (QED) is 0.750. The van der Waals surface area contributed by atoms with Crippen molar-refractivity contribution in [3.05, 3.63) is 29.3 Å². The van der Waals surface area contributed by atoms with Crippen LogP contribution in [0.3, 0.4) is 0 Å². The number of hydrogen-bond donors (Lipinski definition) is 2. The third-order valence-corrected chi connectivity index (χ3v) is 3.83. The molecule has 21 heavy (non-hydrogen) atoms. The summed E-state index contributed by atoms with van der Waals surface area (Å²) < 4.78 is 0. The minimum absolute atomic E-state index is 0.0122. The van der Waals surface area contributed by atoms with Crippen LogP contribution in [0.2, 0.25) is 0 Å². The Morgan fingerprint density at radius 1 is 1.33 bits per heavy atom. The van der Waals surface area contributed by atoms with Crippen molar-refractivity contribution in [2.24, 2.45) is 0 Å². The van der Waals surface area contributed by atoms with E-state index in [0.29, 0.717) is 18.5 Å². The molecule has 1 aliphatic rings. The van der Waals surface area contributed by atoms with Gasteiger partial charge in [-0.3, -0.25) is 9.59 Å². The molecule has 1 aliphatic heterocycles. The summed E-state index contributed by atoms with van der Waals surface area (Å²) in [6.07, 6.45) is 1.34. The van der Waals surface area contributed by atoms with Gasteiger partial charge in [0.05, 0.1) is 6.42 Å². The van der Waals surface area contributed by atoms with Crippen molar-refractivity contribution in [1.29, 1.82) is 0 Å². The Morgan fingerprint density at radius 3 is 2.81 bits per heavy atom. The van der Waals surface area contributed by atoms with Gasteiger partial charge in [-0.15, -0.1) is 0 Å². The SMILES string of the molecule is CCN(CC)CCCNC(=O)c1ccc2c(c1)NC(=O)C2. The van der Waals surface area contributed by atoms with Crippen molar-refractivity contribution in [2.45, 2.75) is 26.7 Å². The van der Waals surface area contributed by atoms with E-state index >= 15 is 0 Å². The van der Waals surface area contributed by atoms with E-state index in [4.69, 9.17) is 0 Å². The van der Waals surface area contributed by atoms with E-state index < -0.39 is 0 Å². The molecule has 0 bridgehead atoms. The van der Waals surface area contributed by atoms with Crippen LogP contribution in [0.5, 0.6) is 0 Å². The third kappa shape index (κ3) is 4.04. The van der Waals surface area contributed by atoms with Crippen molar-refractivity contribution in [3.8, 4) is 0 Å². The second-order valence-corrected chi connectivity index (χ2v) is 5.23. The summed E-state index contributed by atoms with van der Waals surface area (Å²) in [5.41, 5.74) is 2.31. The summed E-state index contributed by atoms with van der Waals surface area (Å²) in [6.45, 7) is 8.01. The molecule has 1 aromatic rings. The summed E-state index contributed by atoms with van der Waals surface area (Å²) in [5, 5.41) is 5.69. The molecular formula is C16H23N3O2. The second kappa shape index (κ2) is 7.22. The molecule has 0 unspecified atom stereocenters. The number of amides is 2. The van der Waals surface area contributed by atoms with Crippen LogP contribution in [0.25, 0.3) is 0 Å². The lowest BCUT2D eigenvalue weighted by Gasteiger charge is -2.17. The zero-order chi connectivity index (χ0) is 15.2. The topological polar surface area (TPSA) is 61.4 Å². The third-order valence-electron chi connectivity index (χ3n) is 3.83. The highest BCUT2D eigenvalue weighted by atomic mass is 16.2. The van der Waals surface area contributed by atoms with Crippen LogP contribution in [-0.2, 0) is 11.2 Å². The van der Waals surface area contributed by atoms with Gasteiger partial charge in [0.15, 0.2) is 0 Å². The molecule has 5 nitrogen and oxygen atoms in total. The summed E-state index contributed by atoms with van der Waals surface area (Å²) in [6, 6.07) is 5.37. The number of nitrogens with zero attached hydrogens (tertiary/aromatic N) is 1. The Bertz CT molecular complexity index is 524. The average molecular weight is 289 g/mol. The number of anilines is 1. The Kier molecular flexibility index (Phi) is 5.33. The van der Waals surface area contributed by atoms with Crippen LogP contribution in [-0.4, -0.2) is 42.9 Å². The van der Waals surface area contributed by atoms with Crippen LogP contribution in [0.4, 0.5) is 5.69 Å². The van der Waals surface area contributed by atoms with E-state index in [-0.39, 0.29) is 11.8 Å². The zero-order valence-corrected chi connectivity index (χ0v) is 12.7. The largest absolute Gasteiger partial charge is 0.352 e. The maximum Gasteiger partial charge on any atom is 0.251 e. The molecule has 2 N–H and O–H groups in total. The summed E-state index contributed by atoms with van der Waals surface area (Å²) in [7, 11) is 0. The predicted molar refractivity (Wildman–Crippen MR) is 83.5 cm³/mol. The predicted octanol–water partition coefficient (Wildman–Crippen LogP) is 1.64. The molecule has 0 fully saturated rings. The molecule has 0 saturated carbocycles. The molecule has 114 valence electrons. The molecule has 0 aliphatic carbocycles. The second-order valence-electron chi connectivity index (χ2n) is 5.23. The van der Waals surface area contributed by atoms with Gasteiger partial charge in [-0.2, -0.15) is 0 Å². The van der Waals surface area contributed by atoms with E-state index in [1.807, 2.05) is 6.07 Å². The van der Waals surface area contributed by atoms with E-state index in [0.717, 1.165) is 37.3 Å². The lowest BCUT2D eigenvalue weighted by molar-refractivity contribution is -0.115. The van der Waals surface area contributed by atoms with Gasteiger partial charge in [0.1, 0.15) is 0 Å². The summed E-state index contributed by atoms with van der Waals surface area (Å²) in [4.78, 5) is 25.7. The first kappa shape index (κ1) is 15.5. The highest BCUT2D eigenvalue weighted by Crippen LogP contribution is 2.23. The van der Waals surface area contributed by atoms with E-state index in [2.05, 4.69) is 29.4 Å². The molecule has 1 heterocycles.